The number of rotatable bonds is 6. The van der Waals surface area contributed by atoms with Crippen LogP contribution in [0.3, 0.4) is 0 Å². The van der Waals surface area contributed by atoms with Crippen LogP contribution < -0.4 is 15.4 Å². The van der Waals surface area contributed by atoms with E-state index in [-0.39, 0.29) is 17.4 Å². The first-order chi connectivity index (χ1) is 8.99. The molecule has 1 aromatic carbocycles. The second-order valence-corrected chi connectivity index (χ2v) is 4.17. The number of hydrogen-bond acceptors (Lipinski definition) is 4. The molecule has 1 atom stereocenters. The molecule has 19 heavy (non-hydrogen) atoms. The molecule has 104 valence electrons. The molecule has 0 aromatic heterocycles. The van der Waals surface area contributed by atoms with Gasteiger partial charge in [-0.05, 0) is 25.2 Å². The van der Waals surface area contributed by atoms with Gasteiger partial charge in [0.15, 0.2) is 0 Å². The van der Waals surface area contributed by atoms with Gasteiger partial charge >= 0.3 is 5.97 Å². The summed E-state index contributed by atoms with van der Waals surface area (Å²) in [5, 5.41) is 14.5. The van der Waals surface area contributed by atoms with Gasteiger partial charge in [-0.1, -0.05) is 6.92 Å². The minimum Gasteiger partial charge on any atom is -0.495 e. The van der Waals surface area contributed by atoms with Crippen LogP contribution in [0.4, 0.5) is 5.69 Å². The number of ether oxygens (including phenoxy) is 1. The van der Waals surface area contributed by atoms with E-state index >= 15 is 0 Å². The summed E-state index contributed by atoms with van der Waals surface area (Å²) in [5.41, 5.74) is 0.452. The van der Waals surface area contributed by atoms with Gasteiger partial charge in [-0.3, -0.25) is 4.79 Å². The zero-order valence-electron chi connectivity index (χ0n) is 11.2. The lowest BCUT2D eigenvalue weighted by molar-refractivity contribution is -0.119. The topological polar surface area (TPSA) is 87.7 Å². The van der Waals surface area contributed by atoms with Gasteiger partial charge in [-0.2, -0.15) is 0 Å². The van der Waals surface area contributed by atoms with E-state index < -0.39 is 5.97 Å². The number of carboxylic acids is 1. The minimum atomic E-state index is -1.05. The van der Waals surface area contributed by atoms with Crippen molar-refractivity contribution in [2.45, 2.75) is 6.92 Å². The van der Waals surface area contributed by atoms with Crippen LogP contribution in [0.15, 0.2) is 18.2 Å². The molecule has 0 aliphatic rings. The van der Waals surface area contributed by atoms with E-state index in [1.165, 1.54) is 25.3 Å². The van der Waals surface area contributed by atoms with Crippen LogP contribution in [0.1, 0.15) is 17.3 Å². The number of amides is 1. The van der Waals surface area contributed by atoms with Gasteiger partial charge in [-0.25, -0.2) is 4.79 Å². The lowest BCUT2D eigenvalue weighted by Gasteiger charge is -2.14. The number of hydrogen-bond donors (Lipinski definition) is 3. The third kappa shape index (κ3) is 3.96. The van der Waals surface area contributed by atoms with Gasteiger partial charge in [0, 0.05) is 12.5 Å². The monoisotopic (exact) mass is 266 g/mol. The summed E-state index contributed by atoms with van der Waals surface area (Å²) in [6, 6.07) is 4.32. The Balaban J connectivity index is 2.94. The van der Waals surface area contributed by atoms with Gasteiger partial charge in [0.25, 0.3) is 0 Å². The molecule has 0 spiro atoms. The SMILES string of the molecule is CNCC(C)C(=O)Nc1cc(C(=O)O)ccc1OC. The summed E-state index contributed by atoms with van der Waals surface area (Å²) in [5.74, 6) is -1.06. The van der Waals surface area contributed by atoms with E-state index in [1.54, 1.807) is 14.0 Å². The van der Waals surface area contributed by atoms with Crippen LogP contribution in [0, 0.1) is 5.92 Å². The second-order valence-electron chi connectivity index (χ2n) is 4.17. The molecule has 0 saturated carbocycles. The first-order valence-electron chi connectivity index (χ1n) is 5.86. The van der Waals surface area contributed by atoms with Crippen LogP contribution in [0.2, 0.25) is 0 Å². The standard InChI is InChI=1S/C13H18N2O4/c1-8(7-14-2)12(16)15-10-6-9(13(17)18)4-5-11(10)19-3/h4-6,8,14H,7H2,1-3H3,(H,15,16)(H,17,18). The Labute approximate surface area is 111 Å². The Kier molecular flexibility index (Phi) is 5.32. The predicted octanol–water partition coefficient (Wildman–Crippen LogP) is 1.19. The quantitative estimate of drug-likeness (QED) is 0.720. The normalized spacial score (nSPS) is 11.7. The third-order valence-corrected chi connectivity index (χ3v) is 2.66. The number of nitrogens with one attached hydrogen (secondary N) is 2. The van der Waals surface area contributed by atoms with Crippen LogP contribution in [0.25, 0.3) is 0 Å². The molecule has 0 aliphatic heterocycles. The van der Waals surface area contributed by atoms with E-state index in [9.17, 15) is 9.59 Å². The van der Waals surface area contributed by atoms with Crippen LogP contribution in [-0.2, 0) is 4.79 Å². The van der Waals surface area contributed by atoms with Crippen LogP contribution in [0.5, 0.6) is 5.75 Å². The average Bonchev–Trinajstić information content (AvgIpc) is 2.38. The van der Waals surface area contributed by atoms with Gasteiger partial charge in [-0.15, -0.1) is 0 Å². The summed E-state index contributed by atoms with van der Waals surface area (Å²) in [7, 11) is 3.22. The Morgan fingerprint density at radius 2 is 2.11 bits per heavy atom. The number of anilines is 1. The first kappa shape index (κ1) is 15.0. The Bertz CT molecular complexity index is 474. The van der Waals surface area contributed by atoms with Crippen molar-refractivity contribution < 1.29 is 19.4 Å². The van der Waals surface area contributed by atoms with Crippen molar-refractivity contribution in [1.29, 1.82) is 0 Å². The van der Waals surface area contributed by atoms with E-state index in [2.05, 4.69) is 10.6 Å². The molecule has 1 rings (SSSR count). The van der Waals surface area contributed by atoms with Gasteiger partial charge < -0.3 is 20.5 Å². The summed E-state index contributed by atoms with van der Waals surface area (Å²) < 4.78 is 5.10. The van der Waals surface area contributed by atoms with Crippen molar-refractivity contribution in [1.82, 2.24) is 5.32 Å². The summed E-state index contributed by atoms with van der Waals surface area (Å²) in [4.78, 5) is 22.8. The molecule has 0 aliphatic carbocycles. The van der Waals surface area contributed by atoms with Crippen LogP contribution >= 0.6 is 0 Å². The first-order valence-corrected chi connectivity index (χ1v) is 5.86. The fourth-order valence-electron chi connectivity index (χ4n) is 1.59. The summed E-state index contributed by atoms with van der Waals surface area (Å²) in [6.07, 6.45) is 0. The maximum Gasteiger partial charge on any atom is 0.335 e. The molecule has 1 amide bonds. The zero-order chi connectivity index (χ0) is 14.4. The van der Waals surface area contributed by atoms with Gasteiger partial charge in [0.05, 0.1) is 18.4 Å². The predicted molar refractivity (Wildman–Crippen MR) is 71.7 cm³/mol. The third-order valence-electron chi connectivity index (χ3n) is 2.66. The highest BCUT2D eigenvalue weighted by molar-refractivity contribution is 5.96. The van der Waals surface area contributed by atoms with Crippen LogP contribution in [-0.4, -0.2) is 37.7 Å². The van der Waals surface area contributed by atoms with Gasteiger partial charge in [0.1, 0.15) is 5.75 Å². The number of carbonyl (C=O) groups is 2. The van der Waals surface area contributed by atoms with Crippen molar-refractivity contribution in [2.24, 2.45) is 5.92 Å². The lowest BCUT2D eigenvalue weighted by atomic mass is 10.1. The molecule has 6 nitrogen and oxygen atoms in total. The van der Waals surface area contributed by atoms with Crippen molar-refractivity contribution >= 4 is 17.6 Å². The molecule has 1 aromatic rings. The fraction of sp³-hybridized carbons (Fsp3) is 0.385. The van der Waals surface area contributed by atoms with E-state index in [4.69, 9.17) is 9.84 Å². The molecule has 0 bridgehead atoms. The second kappa shape index (κ2) is 6.75. The fourth-order valence-corrected chi connectivity index (χ4v) is 1.59. The molecule has 0 saturated heterocycles. The molecule has 0 heterocycles. The summed E-state index contributed by atoms with van der Waals surface area (Å²) in [6.45, 7) is 2.31. The van der Waals surface area contributed by atoms with E-state index in [0.717, 1.165) is 0 Å². The number of methoxy groups -OCH3 is 1. The van der Waals surface area contributed by atoms with Crippen molar-refractivity contribution in [3.8, 4) is 5.75 Å². The molecule has 0 radical (unpaired) electrons. The lowest BCUT2D eigenvalue weighted by Crippen LogP contribution is -2.28. The highest BCUT2D eigenvalue weighted by atomic mass is 16.5. The summed E-state index contributed by atoms with van der Waals surface area (Å²) >= 11 is 0. The molecular weight excluding hydrogens is 248 g/mol. The average molecular weight is 266 g/mol. The van der Waals surface area contributed by atoms with Crippen molar-refractivity contribution in [3.63, 3.8) is 0 Å². The molecule has 1 unspecified atom stereocenters. The Morgan fingerprint density at radius 1 is 1.42 bits per heavy atom. The Hall–Kier alpha value is -2.08. The molecular formula is C13H18N2O4. The molecule has 6 heteroatoms. The van der Waals surface area contributed by atoms with Crippen molar-refractivity contribution in [2.75, 3.05) is 26.0 Å². The largest absolute Gasteiger partial charge is 0.495 e. The van der Waals surface area contributed by atoms with Gasteiger partial charge in [0.2, 0.25) is 5.91 Å². The van der Waals surface area contributed by atoms with E-state index in [1.807, 2.05) is 0 Å². The van der Waals surface area contributed by atoms with Crippen molar-refractivity contribution in [3.05, 3.63) is 23.8 Å². The maximum absolute atomic E-state index is 11.9. The molecule has 3 N–H and O–H groups in total. The minimum absolute atomic E-state index is 0.0948. The number of benzene rings is 1. The van der Waals surface area contributed by atoms with E-state index in [0.29, 0.717) is 18.0 Å². The number of carboxylic acid groups (broad SMARTS) is 1. The highest BCUT2D eigenvalue weighted by Crippen LogP contribution is 2.26. The number of carbonyl (C=O) groups excluding carboxylic acids is 1. The Morgan fingerprint density at radius 3 is 2.63 bits per heavy atom. The maximum atomic E-state index is 11.9. The number of aromatic carboxylic acids is 1. The zero-order valence-corrected chi connectivity index (χ0v) is 11.2. The highest BCUT2D eigenvalue weighted by Gasteiger charge is 2.15. The smallest absolute Gasteiger partial charge is 0.335 e. The molecule has 0 fully saturated rings.